The van der Waals surface area contributed by atoms with E-state index in [1.165, 1.54) is 51.4 Å². The van der Waals surface area contributed by atoms with E-state index in [1.54, 1.807) is 0 Å². The number of imidazole rings is 2. The summed E-state index contributed by atoms with van der Waals surface area (Å²) in [6.07, 6.45) is 20.5. The molecule has 2 spiro atoms. The highest BCUT2D eigenvalue weighted by Gasteiger charge is 2.39. The van der Waals surface area contributed by atoms with Gasteiger partial charge in [-0.2, -0.15) is 9.97 Å². The van der Waals surface area contributed by atoms with E-state index in [2.05, 4.69) is 103 Å². The van der Waals surface area contributed by atoms with Crippen molar-refractivity contribution < 1.29 is 38.4 Å². The number of aliphatic carboxylic acids is 1. The fourth-order valence-electron chi connectivity index (χ4n) is 13.1. The van der Waals surface area contributed by atoms with Gasteiger partial charge in [0.1, 0.15) is 64.8 Å². The Balaban J connectivity index is 0.000000214. The SMILES string of the molecule is Cc1nc2cnc(Nc3ccnc(N4CCC5(CCN(CCCOCCCOCC(=O)O)CC5)CC4)n3)cc2n1C(C)C.Cc1nc2cnc(Nc3ccnc(N4CCC5(CCN(CCCOCCCOCC(=O)OC(C)(C)C)CC5)CC4)n3)cc2n1C(C)C. The molecule has 90 heavy (non-hydrogen) atoms. The summed E-state index contributed by atoms with van der Waals surface area (Å²) in [5.41, 5.74) is 4.31. The lowest BCUT2D eigenvalue weighted by molar-refractivity contribution is -0.160. The zero-order valence-electron chi connectivity index (χ0n) is 55.1. The summed E-state index contributed by atoms with van der Waals surface area (Å²) >= 11 is 0. The number of carboxylic acid groups (broad SMARTS) is 1. The molecule has 4 fully saturated rings. The number of anilines is 6. The molecule has 3 N–H and O–H groups in total. The zero-order chi connectivity index (χ0) is 63.7. The fourth-order valence-corrected chi connectivity index (χ4v) is 13.1. The first-order valence-corrected chi connectivity index (χ1v) is 32.9. The van der Waals surface area contributed by atoms with Crippen LogP contribution in [0.1, 0.15) is 149 Å². The second kappa shape index (κ2) is 32.0. The summed E-state index contributed by atoms with van der Waals surface area (Å²) in [6.45, 7) is 32.4. The second-order valence-electron chi connectivity index (χ2n) is 26.5. The lowest BCUT2D eigenvalue weighted by Gasteiger charge is -2.47. The first-order chi connectivity index (χ1) is 43.3. The lowest BCUT2D eigenvalue weighted by Crippen LogP contribution is -2.47. The van der Waals surface area contributed by atoms with E-state index in [1.807, 2.05) is 77.6 Å². The van der Waals surface area contributed by atoms with E-state index in [9.17, 15) is 9.59 Å². The summed E-state index contributed by atoms with van der Waals surface area (Å²) in [7, 11) is 0. The molecule has 4 aliphatic rings. The van der Waals surface area contributed by atoms with Gasteiger partial charge in [0.15, 0.2) is 0 Å². The summed E-state index contributed by atoms with van der Waals surface area (Å²) < 4.78 is 31.6. The number of nitrogens with zero attached hydrogens (tertiary/aromatic N) is 14. The Labute approximate surface area is 531 Å². The number of hydrogen-bond acceptors (Lipinski definition) is 21. The molecule has 0 saturated carbocycles. The van der Waals surface area contributed by atoms with Crippen LogP contribution in [0.4, 0.5) is 35.2 Å². The van der Waals surface area contributed by atoms with Crippen LogP contribution in [-0.4, -0.2) is 200 Å². The van der Waals surface area contributed by atoms with Crippen molar-refractivity contribution in [3.8, 4) is 0 Å². The van der Waals surface area contributed by atoms with E-state index in [-0.39, 0.29) is 19.2 Å². The fraction of sp³-hybridized carbons (Fsp3) is 0.667. The Morgan fingerprint density at radius 1 is 0.533 bits per heavy atom. The third kappa shape index (κ3) is 19.4. The molecule has 0 radical (unpaired) electrons. The van der Waals surface area contributed by atoms with Gasteiger partial charge in [0.05, 0.1) is 23.4 Å². The molecule has 4 saturated heterocycles. The third-order valence-electron chi connectivity index (χ3n) is 17.9. The smallest absolute Gasteiger partial charge is 0.332 e. The van der Waals surface area contributed by atoms with Gasteiger partial charge in [-0.15, -0.1) is 0 Å². The van der Waals surface area contributed by atoms with E-state index in [0.717, 1.165) is 173 Å². The maximum Gasteiger partial charge on any atom is 0.332 e. The molecular formula is C66H100N16O8. The van der Waals surface area contributed by atoms with Crippen molar-refractivity contribution in [3.63, 3.8) is 0 Å². The van der Waals surface area contributed by atoms with Crippen molar-refractivity contribution >= 4 is 69.2 Å². The molecule has 0 atom stereocenters. The predicted molar refractivity (Wildman–Crippen MR) is 350 cm³/mol. The molecule has 6 aromatic rings. The number of piperidine rings is 4. The van der Waals surface area contributed by atoms with Crippen molar-refractivity contribution in [1.29, 1.82) is 0 Å². The summed E-state index contributed by atoms with van der Waals surface area (Å²) in [5, 5.41) is 15.3. The molecule has 0 aliphatic carbocycles. The van der Waals surface area contributed by atoms with Crippen LogP contribution in [0.3, 0.4) is 0 Å². The summed E-state index contributed by atoms with van der Waals surface area (Å²) in [5.74, 6) is 5.26. The van der Waals surface area contributed by atoms with E-state index < -0.39 is 11.6 Å². The zero-order valence-corrected chi connectivity index (χ0v) is 55.1. The second-order valence-corrected chi connectivity index (χ2v) is 26.5. The molecular weight excluding hydrogens is 1140 g/mol. The van der Waals surface area contributed by atoms with Gasteiger partial charge in [0.2, 0.25) is 11.9 Å². The number of pyridine rings is 2. The number of fused-ring (bicyclic) bond motifs is 2. The first kappa shape index (κ1) is 67.7. The number of carboxylic acids is 1. The molecule has 24 heteroatoms. The van der Waals surface area contributed by atoms with E-state index >= 15 is 0 Å². The molecule has 4 aliphatic heterocycles. The van der Waals surface area contributed by atoms with Crippen LogP contribution in [0.2, 0.25) is 0 Å². The number of carbonyl (C=O) groups excluding carboxylic acids is 1. The van der Waals surface area contributed by atoms with Gasteiger partial charge in [-0.05, 0) is 189 Å². The minimum Gasteiger partial charge on any atom is -0.480 e. The van der Waals surface area contributed by atoms with Crippen molar-refractivity contribution in [2.24, 2.45) is 10.8 Å². The Kier molecular flexibility index (Phi) is 24.1. The average Bonchev–Trinajstić information content (AvgIpc) is 1.59. The molecule has 10 rings (SSSR count). The van der Waals surface area contributed by atoms with Gasteiger partial charge >= 0.3 is 11.9 Å². The number of aryl methyl sites for hydroxylation is 2. The Morgan fingerprint density at radius 3 is 1.32 bits per heavy atom. The van der Waals surface area contributed by atoms with Crippen molar-refractivity contribution in [2.75, 3.05) is 139 Å². The Bertz CT molecular complexity index is 3220. The van der Waals surface area contributed by atoms with Crippen LogP contribution in [-0.2, 0) is 33.3 Å². The van der Waals surface area contributed by atoms with Gasteiger partial charge < -0.3 is 68.2 Å². The third-order valence-corrected chi connectivity index (χ3v) is 17.9. The summed E-state index contributed by atoms with van der Waals surface area (Å²) in [6, 6.07) is 8.52. The van der Waals surface area contributed by atoms with Gasteiger partial charge in [0.25, 0.3) is 0 Å². The standard InChI is InChI=1S/C35H54N8O4.C31H46N8O4/c1-26(2)43-27(3)38-28-24-37-31(23-29(28)43)39-30-9-14-36-33(40-30)42-18-12-35(13-19-42)10-16-41(17-11-35)15-7-20-45-21-8-22-46-25-32(44)47-34(4,5)6;1-23(2)39-24(3)34-25-21-33-28(20-26(25)39)35-27-6-11-32-30(36-27)38-15-9-31(10-16-38)7-13-37(14-8-31)12-4-17-42-18-5-19-43-22-29(40)41/h9,14,23-24,26H,7-8,10-13,15-22,25H2,1-6H3,(H,36,37,39,40);6,11,20-21,23H,4-5,7-10,12-19,22H2,1-3H3,(H,40,41)(H,32,33,35,36). The van der Waals surface area contributed by atoms with Crippen molar-refractivity contribution in [3.05, 3.63) is 60.7 Å². The molecule has 0 bridgehead atoms. The van der Waals surface area contributed by atoms with Gasteiger partial charge in [-0.25, -0.2) is 39.5 Å². The molecule has 6 aromatic heterocycles. The van der Waals surface area contributed by atoms with Crippen LogP contribution in [0.15, 0.2) is 49.1 Å². The number of carbonyl (C=O) groups is 2. The number of nitrogens with one attached hydrogen (secondary N) is 2. The van der Waals surface area contributed by atoms with Crippen molar-refractivity contribution in [1.82, 2.24) is 58.8 Å². The highest BCUT2D eigenvalue weighted by atomic mass is 16.6. The number of aromatic nitrogens is 10. The number of hydrogen-bond donors (Lipinski definition) is 3. The Morgan fingerprint density at radius 2 is 0.922 bits per heavy atom. The number of likely N-dealkylation sites (tertiary alicyclic amines) is 2. The maximum atomic E-state index is 11.7. The maximum absolute atomic E-state index is 11.7. The normalized spacial score (nSPS) is 17.2. The summed E-state index contributed by atoms with van der Waals surface area (Å²) in [4.78, 5) is 69.3. The van der Waals surface area contributed by atoms with Gasteiger partial charge in [0, 0.05) is 116 Å². The average molecular weight is 1250 g/mol. The quantitative estimate of drug-likeness (QED) is 0.0305. The monoisotopic (exact) mass is 1240 g/mol. The minimum atomic E-state index is -0.934. The molecule has 10 heterocycles. The largest absolute Gasteiger partial charge is 0.480 e. The molecule has 0 unspecified atom stereocenters. The van der Waals surface area contributed by atoms with Crippen LogP contribution in [0.5, 0.6) is 0 Å². The highest BCUT2D eigenvalue weighted by Crippen LogP contribution is 2.43. The number of esters is 1. The molecule has 24 nitrogen and oxygen atoms in total. The number of ether oxygens (including phenoxy) is 5. The van der Waals surface area contributed by atoms with E-state index in [0.29, 0.717) is 49.3 Å². The minimum absolute atomic E-state index is 0.00738. The lowest BCUT2D eigenvalue weighted by atomic mass is 9.71. The predicted octanol–water partition coefficient (Wildman–Crippen LogP) is 10.1. The van der Waals surface area contributed by atoms with Crippen LogP contribution in [0.25, 0.3) is 22.1 Å². The van der Waals surface area contributed by atoms with Crippen LogP contribution < -0.4 is 20.4 Å². The Hall–Kier alpha value is -6.70. The van der Waals surface area contributed by atoms with Gasteiger partial charge in [-0.3, -0.25) is 0 Å². The molecule has 0 aromatic carbocycles. The molecule has 492 valence electrons. The van der Waals surface area contributed by atoms with Crippen LogP contribution in [0, 0.1) is 24.7 Å². The van der Waals surface area contributed by atoms with Crippen molar-refractivity contribution in [2.45, 2.75) is 157 Å². The highest BCUT2D eigenvalue weighted by molar-refractivity contribution is 5.80. The topological polar surface area (TPSA) is 251 Å². The number of rotatable bonds is 28. The molecule has 0 amide bonds. The first-order valence-electron chi connectivity index (χ1n) is 32.9. The van der Waals surface area contributed by atoms with Crippen LogP contribution >= 0.6 is 0 Å². The van der Waals surface area contributed by atoms with E-state index in [4.69, 9.17) is 38.8 Å². The van der Waals surface area contributed by atoms with Gasteiger partial charge in [-0.1, -0.05) is 0 Å².